The van der Waals surface area contributed by atoms with Crippen molar-refractivity contribution >= 4 is 23.4 Å². The van der Waals surface area contributed by atoms with Crippen molar-refractivity contribution < 1.29 is 14.4 Å². The standard InChI is InChI=1S/C26H30N2O3/c1-17(2)19-12-14-22(15-13-19)28-24(29)16-23(26(28)31)27(21-6-4-5-7-21)25(30)20-10-8-18(3)9-11-20/h8-15,17,21,23H,4-7,16H2,1-3H3. The quantitative estimate of drug-likeness (QED) is 0.653. The third kappa shape index (κ3) is 4.14. The van der Waals surface area contributed by atoms with Crippen molar-refractivity contribution in [1.29, 1.82) is 0 Å². The van der Waals surface area contributed by atoms with Gasteiger partial charge in [-0.2, -0.15) is 0 Å². The molecule has 1 heterocycles. The second-order valence-electron chi connectivity index (χ2n) is 9.05. The van der Waals surface area contributed by atoms with Crippen molar-refractivity contribution in [1.82, 2.24) is 4.90 Å². The first-order valence-corrected chi connectivity index (χ1v) is 11.2. The van der Waals surface area contributed by atoms with Gasteiger partial charge in [-0.15, -0.1) is 0 Å². The summed E-state index contributed by atoms with van der Waals surface area (Å²) >= 11 is 0. The first-order valence-electron chi connectivity index (χ1n) is 11.2. The first-order chi connectivity index (χ1) is 14.9. The molecule has 0 spiro atoms. The topological polar surface area (TPSA) is 57.7 Å². The van der Waals surface area contributed by atoms with Gasteiger partial charge in [0, 0.05) is 11.6 Å². The number of carbonyl (C=O) groups is 3. The zero-order chi connectivity index (χ0) is 22.1. The monoisotopic (exact) mass is 418 g/mol. The molecular formula is C26H30N2O3. The maximum absolute atomic E-state index is 13.5. The van der Waals surface area contributed by atoms with E-state index in [0.29, 0.717) is 17.2 Å². The number of hydrogen-bond donors (Lipinski definition) is 0. The lowest BCUT2D eigenvalue weighted by Crippen LogP contribution is -2.50. The summed E-state index contributed by atoms with van der Waals surface area (Å²) < 4.78 is 0. The molecule has 0 bridgehead atoms. The highest BCUT2D eigenvalue weighted by atomic mass is 16.2. The minimum Gasteiger partial charge on any atom is -0.323 e. The summed E-state index contributed by atoms with van der Waals surface area (Å²) in [5.74, 6) is -0.325. The Bertz CT molecular complexity index is 973. The number of anilines is 1. The van der Waals surface area contributed by atoms with Crippen LogP contribution in [0.5, 0.6) is 0 Å². The minimum absolute atomic E-state index is 0.00109. The van der Waals surface area contributed by atoms with Gasteiger partial charge >= 0.3 is 0 Å². The molecule has 1 saturated carbocycles. The van der Waals surface area contributed by atoms with E-state index in [1.165, 1.54) is 4.90 Å². The molecule has 1 aliphatic heterocycles. The van der Waals surface area contributed by atoms with Crippen molar-refractivity contribution in [2.45, 2.75) is 70.9 Å². The predicted octanol–water partition coefficient (Wildman–Crippen LogP) is 4.84. The lowest BCUT2D eigenvalue weighted by atomic mass is 10.0. The molecule has 0 radical (unpaired) electrons. The lowest BCUT2D eigenvalue weighted by Gasteiger charge is -2.33. The molecule has 4 rings (SSSR count). The summed E-state index contributed by atoms with van der Waals surface area (Å²) in [6.45, 7) is 6.19. The maximum Gasteiger partial charge on any atom is 0.257 e. The highest BCUT2D eigenvalue weighted by Crippen LogP contribution is 2.33. The highest BCUT2D eigenvalue weighted by Gasteiger charge is 2.47. The van der Waals surface area contributed by atoms with Crippen LogP contribution in [0.1, 0.15) is 73.4 Å². The fourth-order valence-electron chi connectivity index (χ4n) is 4.70. The van der Waals surface area contributed by atoms with Gasteiger partial charge in [0.25, 0.3) is 11.8 Å². The van der Waals surface area contributed by atoms with E-state index in [-0.39, 0.29) is 30.2 Å². The van der Waals surface area contributed by atoms with E-state index in [4.69, 9.17) is 0 Å². The van der Waals surface area contributed by atoms with Crippen molar-refractivity contribution in [2.24, 2.45) is 0 Å². The lowest BCUT2D eigenvalue weighted by molar-refractivity contribution is -0.123. The molecule has 5 heteroatoms. The third-order valence-corrected chi connectivity index (χ3v) is 6.53. The van der Waals surface area contributed by atoms with E-state index < -0.39 is 6.04 Å². The van der Waals surface area contributed by atoms with Crippen LogP contribution in [0, 0.1) is 6.92 Å². The van der Waals surface area contributed by atoms with Crippen LogP contribution in [0.4, 0.5) is 5.69 Å². The molecule has 5 nitrogen and oxygen atoms in total. The fraction of sp³-hybridized carbons (Fsp3) is 0.423. The van der Waals surface area contributed by atoms with E-state index in [1.54, 1.807) is 4.90 Å². The Morgan fingerprint density at radius 1 is 0.968 bits per heavy atom. The Morgan fingerprint density at radius 2 is 1.58 bits per heavy atom. The van der Waals surface area contributed by atoms with E-state index >= 15 is 0 Å². The van der Waals surface area contributed by atoms with Crippen LogP contribution in [0.25, 0.3) is 0 Å². The molecule has 1 unspecified atom stereocenters. The van der Waals surface area contributed by atoms with Crippen LogP contribution in [-0.4, -0.2) is 34.7 Å². The van der Waals surface area contributed by atoms with Gasteiger partial charge in [-0.1, -0.05) is 56.5 Å². The molecule has 0 N–H and O–H groups in total. The molecule has 1 saturated heterocycles. The number of rotatable bonds is 5. The van der Waals surface area contributed by atoms with Crippen LogP contribution in [0.2, 0.25) is 0 Å². The summed E-state index contributed by atoms with van der Waals surface area (Å²) in [5.41, 5.74) is 3.38. The average Bonchev–Trinajstić information content (AvgIpc) is 3.37. The summed E-state index contributed by atoms with van der Waals surface area (Å²) in [7, 11) is 0. The maximum atomic E-state index is 13.5. The SMILES string of the molecule is Cc1ccc(C(=O)N(C2CCCC2)C2CC(=O)N(c3ccc(C(C)C)cc3)C2=O)cc1. The van der Waals surface area contributed by atoms with Crippen LogP contribution in [0.15, 0.2) is 48.5 Å². The molecule has 162 valence electrons. The molecule has 2 aliphatic rings. The zero-order valence-corrected chi connectivity index (χ0v) is 18.5. The second-order valence-corrected chi connectivity index (χ2v) is 9.05. The molecule has 0 aromatic heterocycles. The Hall–Kier alpha value is -2.95. The fourth-order valence-corrected chi connectivity index (χ4v) is 4.70. The van der Waals surface area contributed by atoms with Gasteiger partial charge < -0.3 is 4.90 Å². The predicted molar refractivity (Wildman–Crippen MR) is 121 cm³/mol. The van der Waals surface area contributed by atoms with Gasteiger partial charge in [-0.05, 0) is 55.5 Å². The first kappa shape index (κ1) is 21.3. The number of imide groups is 1. The van der Waals surface area contributed by atoms with Crippen LogP contribution in [-0.2, 0) is 9.59 Å². The van der Waals surface area contributed by atoms with Crippen molar-refractivity contribution in [3.05, 3.63) is 65.2 Å². The van der Waals surface area contributed by atoms with E-state index in [2.05, 4.69) is 13.8 Å². The molecule has 1 atom stereocenters. The Kier molecular flexibility index (Phi) is 5.94. The van der Waals surface area contributed by atoms with Gasteiger partial charge in [-0.25, -0.2) is 4.90 Å². The Balaban J connectivity index is 1.64. The van der Waals surface area contributed by atoms with E-state index in [1.807, 2.05) is 55.5 Å². The smallest absolute Gasteiger partial charge is 0.257 e. The Labute approximate surface area is 184 Å². The summed E-state index contributed by atoms with van der Waals surface area (Å²) in [4.78, 5) is 42.8. The molecular weight excluding hydrogens is 388 g/mol. The molecule has 2 aromatic rings. The molecule has 2 aromatic carbocycles. The average molecular weight is 419 g/mol. The summed E-state index contributed by atoms with van der Waals surface area (Å²) in [6.07, 6.45) is 3.87. The van der Waals surface area contributed by atoms with Gasteiger partial charge in [0.1, 0.15) is 6.04 Å². The second kappa shape index (κ2) is 8.66. The summed E-state index contributed by atoms with van der Waals surface area (Å²) in [5, 5.41) is 0. The largest absolute Gasteiger partial charge is 0.323 e. The Morgan fingerprint density at radius 3 is 2.16 bits per heavy atom. The van der Waals surface area contributed by atoms with Gasteiger partial charge in [-0.3, -0.25) is 14.4 Å². The van der Waals surface area contributed by atoms with E-state index in [0.717, 1.165) is 36.8 Å². The third-order valence-electron chi connectivity index (χ3n) is 6.53. The van der Waals surface area contributed by atoms with Crippen LogP contribution < -0.4 is 4.90 Å². The van der Waals surface area contributed by atoms with Gasteiger partial charge in [0.15, 0.2) is 0 Å². The molecule has 3 amide bonds. The number of hydrogen-bond acceptors (Lipinski definition) is 3. The normalized spacial score (nSPS) is 19.5. The van der Waals surface area contributed by atoms with Crippen molar-refractivity contribution in [2.75, 3.05) is 4.90 Å². The molecule has 1 aliphatic carbocycles. The van der Waals surface area contributed by atoms with Crippen LogP contribution >= 0.6 is 0 Å². The molecule has 31 heavy (non-hydrogen) atoms. The van der Waals surface area contributed by atoms with Crippen LogP contribution in [0.3, 0.4) is 0 Å². The minimum atomic E-state index is -0.742. The van der Waals surface area contributed by atoms with Crippen molar-refractivity contribution in [3.63, 3.8) is 0 Å². The summed E-state index contributed by atoms with van der Waals surface area (Å²) in [6, 6.07) is 14.3. The van der Waals surface area contributed by atoms with Crippen molar-refractivity contribution in [3.8, 4) is 0 Å². The highest BCUT2D eigenvalue weighted by molar-refractivity contribution is 6.23. The number of amides is 3. The van der Waals surface area contributed by atoms with Gasteiger partial charge in [0.2, 0.25) is 5.91 Å². The number of carbonyl (C=O) groups excluding carboxylic acids is 3. The van der Waals surface area contributed by atoms with E-state index in [9.17, 15) is 14.4 Å². The molecule has 2 fully saturated rings. The number of benzene rings is 2. The number of aryl methyl sites for hydroxylation is 1. The van der Waals surface area contributed by atoms with Gasteiger partial charge in [0.05, 0.1) is 12.1 Å². The number of nitrogens with zero attached hydrogens (tertiary/aromatic N) is 2. The zero-order valence-electron chi connectivity index (χ0n) is 18.5.